The number of hydrogen-bond acceptors (Lipinski definition) is 3. The van der Waals surface area contributed by atoms with E-state index in [1.54, 1.807) is 18.2 Å². The van der Waals surface area contributed by atoms with Crippen LogP contribution in [0.2, 0.25) is 0 Å². The van der Waals surface area contributed by atoms with Crippen LogP contribution in [-0.2, 0) is 4.79 Å². The van der Waals surface area contributed by atoms with E-state index in [1.165, 1.54) is 12.1 Å². The number of carbonyl (C=O) groups is 3. The summed E-state index contributed by atoms with van der Waals surface area (Å²) in [7, 11) is 0. The number of carbonyl (C=O) groups excluding carboxylic acids is 3. The molecular weight excluding hydrogens is 397 g/mol. The average molecular weight is 411 g/mol. The molecule has 1 aliphatic rings. The minimum absolute atomic E-state index is 0.147. The molecule has 2 aromatic rings. The van der Waals surface area contributed by atoms with E-state index in [4.69, 9.17) is 0 Å². The van der Waals surface area contributed by atoms with Gasteiger partial charge in [0.2, 0.25) is 11.7 Å². The molecule has 152 valence electrons. The van der Waals surface area contributed by atoms with Gasteiger partial charge in [-0.25, -0.2) is 22.0 Å². The number of benzene rings is 2. The molecule has 2 unspecified atom stereocenters. The predicted octanol–water partition coefficient (Wildman–Crippen LogP) is 3.73. The van der Waals surface area contributed by atoms with Crippen LogP contribution in [0.25, 0.3) is 0 Å². The van der Waals surface area contributed by atoms with Gasteiger partial charge in [0.05, 0.1) is 11.6 Å². The first kappa shape index (κ1) is 20.6. The summed E-state index contributed by atoms with van der Waals surface area (Å²) in [6.45, 7) is 0. The molecule has 1 aliphatic heterocycles. The van der Waals surface area contributed by atoms with Crippen molar-refractivity contribution < 1.29 is 36.3 Å². The molecule has 29 heavy (non-hydrogen) atoms. The molecule has 0 aliphatic carbocycles. The first-order valence-electron chi connectivity index (χ1n) is 8.69. The molecule has 9 heteroatoms. The van der Waals surface area contributed by atoms with Gasteiger partial charge in [0.25, 0.3) is 0 Å². The highest BCUT2D eigenvalue weighted by molar-refractivity contribution is 6.12. The maximum atomic E-state index is 13.9. The molecule has 1 fully saturated rings. The molecule has 4 nitrogen and oxygen atoms in total. The maximum absolute atomic E-state index is 13.9. The summed E-state index contributed by atoms with van der Waals surface area (Å²) >= 11 is 0. The number of amides is 1. The topological polar surface area (TPSA) is 63.2 Å². The van der Waals surface area contributed by atoms with Gasteiger partial charge >= 0.3 is 0 Å². The lowest BCUT2D eigenvalue weighted by atomic mass is 9.91. The molecule has 1 saturated heterocycles. The van der Waals surface area contributed by atoms with Gasteiger partial charge in [-0.05, 0) is 19.3 Å². The van der Waals surface area contributed by atoms with Crippen molar-refractivity contribution in [3.05, 3.63) is 70.5 Å². The van der Waals surface area contributed by atoms with Crippen LogP contribution >= 0.6 is 0 Å². The van der Waals surface area contributed by atoms with Crippen LogP contribution in [0.3, 0.4) is 0 Å². The third-order valence-corrected chi connectivity index (χ3v) is 4.77. The monoisotopic (exact) mass is 411 g/mol. The van der Waals surface area contributed by atoms with E-state index in [0.717, 1.165) is 0 Å². The zero-order valence-electron chi connectivity index (χ0n) is 14.8. The van der Waals surface area contributed by atoms with Crippen molar-refractivity contribution in [3.8, 4) is 0 Å². The van der Waals surface area contributed by atoms with Crippen molar-refractivity contribution in [3.63, 3.8) is 0 Å². The molecule has 2 aromatic carbocycles. The van der Waals surface area contributed by atoms with Gasteiger partial charge in [-0.15, -0.1) is 0 Å². The van der Waals surface area contributed by atoms with E-state index >= 15 is 0 Å². The van der Waals surface area contributed by atoms with Crippen molar-refractivity contribution in [2.45, 2.75) is 25.3 Å². The number of Topliss-reactive ketones (excluding diaryl/α,β-unsaturated/α-hetero) is 2. The number of nitrogens with one attached hydrogen (secondary N) is 1. The Hall–Kier alpha value is -3.10. The van der Waals surface area contributed by atoms with E-state index < -0.39 is 64.1 Å². The Balaban J connectivity index is 1.87. The summed E-state index contributed by atoms with van der Waals surface area (Å²) < 4.78 is 67.9. The van der Waals surface area contributed by atoms with Crippen LogP contribution in [0.1, 0.15) is 40.0 Å². The summed E-state index contributed by atoms with van der Waals surface area (Å²) in [5.41, 5.74) is -1.34. The molecule has 2 atom stereocenters. The van der Waals surface area contributed by atoms with Gasteiger partial charge in [-0.3, -0.25) is 14.4 Å². The van der Waals surface area contributed by atoms with Crippen molar-refractivity contribution in [2.24, 2.45) is 5.92 Å². The number of hydrogen-bond donors (Lipinski definition) is 1. The first-order chi connectivity index (χ1) is 13.7. The van der Waals surface area contributed by atoms with Crippen LogP contribution in [0, 0.1) is 35.0 Å². The van der Waals surface area contributed by atoms with Gasteiger partial charge in [-0.2, -0.15) is 0 Å². The third-order valence-electron chi connectivity index (χ3n) is 4.77. The molecule has 1 amide bonds. The molecule has 3 rings (SSSR count). The van der Waals surface area contributed by atoms with E-state index in [2.05, 4.69) is 5.32 Å². The Bertz CT molecular complexity index is 964. The lowest BCUT2D eigenvalue weighted by molar-refractivity contribution is -0.123. The van der Waals surface area contributed by atoms with Crippen LogP contribution in [0.15, 0.2) is 30.3 Å². The summed E-state index contributed by atoms with van der Waals surface area (Å²) in [5, 5.41) is 2.34. The predicted molar refractivity (Wildman–Crippen MR) is 90.6 cm³/mol. The standard InChI is InChI=1S/C20H14F5NO3/c21-13-12(14(22)16(24)17(25)15(13)23)19(28)10-7-4-8-11(26-20(10)29)18(27)9-5-2-1-3-6-9/h1-3,5-6,10-11H,4,7-8H2,(H,26,29). The Morgan fingerprint density at radius 3 is 1.93 bits per heavy atom. The molecule has 1 N–H and O–H groups in total. The van der Waals surface area contributed by atoms with Crippen LogP contribution in [0.4, 0.5) is 22.0 Å². The summed E-state index contributed by atoms with van der Waals surface area (Å²) in [6.07, 6.45) is 0.0941. The molecular formula is C20H14F5NO3. The molecule has 0 saturated carbocycles. The highest BCUT2D eigenvalue weighted by Gasteiger charge is 2.38. The van der Waals surface area contributed by atoms with Crippen molar-refractivity contribution in [1.82, 2.24) is 5.32 Å². The Labute approximate surface area is 161 Å². The summed E-state index contributed by atoms with van der Waals surface area (Å²) in [4.78, 5) is 37.4. The first-order valence-corrected chi connectivity index (χ1v) is 8.69. The van der Waals surface area contributed by atoms with E-state index in [0.29, 0.717) is 5.56 Å². The van der Waals surface area contributed by atoms with Crippen LogP contribution < -0.4 is 5.32 Å². The Kier molecular flexibility index (Phi) is 5.76. The van der Waals surface area contributed by atoms with Gasteiger partial charge < -0.3 is 5.32 Å². The maximum Gasteiger partial charge on any atom is 0.231 e. The minimum atomic E-state index is -2.39. The van der Waals surface area contributed by atoms with Gasteiger partial charge in [0.1, 0.15) is 5.92 Å². The van der Waals surface area contributed by atoms with Crippen molar-refractivity contribution in [2.75, 3.05) is 0 Å². The fourth-order valence-corrected chi connectivity index (χ4v) is 3.25. The second-order valence-corrected chi connectivity index (χ2v) is 6.58. The average Bonchev–Trinajstić information content (AvgIpc) is 2.92. The molecule has 0 bridgehead atoms. The Morgan fingerprint density at radius 1 is 0.793 bits per heavy atom. The zero-order chi connectivity index (χ0) is 21.3. The van der Waals surface area contributed by atoms with Crippen molar-refractivity contribution in [1.29, 1.82) is 0 Å². The Morgan fingerprint density at radius 2 is 1.34 bits per heavy atom. The van der Waals surface area contributed by atoms with E-state index in [9.17, 15) is 36.3 Å². The molecule has 0 aromatic heterocycles. The summed E-state index contributed by atoms with van der Waals surface area (Å²) in [5.74, 6) is -16.1. The quantitative estimate of drug-likeness (QED) is 0.274. The second kappa shape index (κ2) is 8.10. The highest BCUT2D eigenvalue weighted by Crippen LogP contribution is 2.28. The van der Waals surface area contributed by atoms with Gasteiger partial charge in [0, 0.05) is 5.56 Å². The SMILES string of the molecule is O=C(c1ccccc1)C1CCCC(C(=O)c2c(F)c(F)c(F)c(F)c2F)C(=O)N1. The fraction of sp³-hybridized carbons (Fsp3) is 0.250. The molecule has 1 heterocycles. The van der Waals surface area contributed by atoms with Crippen molar-refractivity contribution >= 4 is 17.5 Å². The lowest BCUT2D eigenvalue weighted by Crippen LogP contribution is -2.43. The zero-order valence-corrected chi connectivity index (χ0v) is 14.8. The van der Waals surface area contributed by atoms with Crippen LogP contribution in [-0.4, -0.2) is 23.5 Å². The smallest absolute Gasteiger partial charge is 0.231 e. The second-order valence-electron chi connectivity index (χ2n) is 6.58. The lowest BCUT2D eigenvalue weighted by Gasteiger charge is -2.17. The highest BCUT2D eigenvalue weighted by atomic mass is 19.2. The third kappa shape index (κ3) is 3.76. The normalized spacial score (nSPS) is 19.4. The number of rotatable bonds is 4. The molecule has 0 spiro atoms. The van der Waals surface area contributed by atoms with Gasteiger partial charge in [0.15, 0.2) is 34.8 Å². The van der Waals surface area contributed by atoms with Crippen LogP contribution in [0.5, 0.6) is 0 Å². The minimum Gasteiger partial charge on any atom is -0.345 e. The largest absolute Gasteiger partial charge is 0.345 e. The van der Waals surface area contributed by atoms with E-state index in [-0.39, 0.29) is 19.3 Å². The number of ketones is 2. The molecule has 0 radical (unpaired) electrons. The fourth-order valence-electron chi connectivity index (χ4n) is 3.25. The summed E-state index contributed by atoms with van der Waals surface area (Å²) in [6, 6.07) is 7.05. The van der Waals surface area contributed by atoms with Gasteiger partial charge in [-0.1, -0.05) is 30.3 Å². The van der Waals surface area contributed by atoms with E-state index in [1.807, 2.05) is 0 Å². The number of halogens is 5.